The van der Waals surface area contributed by atoms with Gasteiger partial charge in [-0.3, -0.25) is 14.6 Å². The molecule has 0 unspecified atom stereocenters. The summed E-state index contributed by atoms with van der Waals surface area (Å²) in [6.07, 6.45) is 4.36. The van der Waals surface area contributed by atoms with Crippen molar-refractivity contribution >= 4 is 17.4 Å². The fourth-order valence-electron chi connectivity index (χ4n) is 3.10. The van der Waals surface area contributed by atoms with E-state index in [1.54, 1.807) is 57.6 Å². The molecule has 0 aliphatic heterocycles. The van der Waals surface area contributed by atoms with Gasteiger partial charge in [0, 0.05) is 55.2 Å². The van der Waals surface area contributed by atoms with Gasteiger partial charge in [0.25, 0.3) is 0 Å². The van der Waals surface area contributed by atoms with Gasteiger partial charge < -0.3 is 9.64 Å². The standard InChI is InChI=1S/C24H24FN3O3/c1-4-24(30)28(2)18-8-9-19(20(25)13-18)21-10-7-17(15-26-21)22(29)11-5-16-6-12-23(31-3)27-14-16/h6-10,12-15H,4-5,11H2,1-3H3. The summed E-state index contributed by atoms with van der Waals surface area (Å²) < 4.78 is 19.6. The molecule has 1 amide bonds. The Balaban J connectivity index is 1.67. The Hall–Kier alpha value is -3.61. The van der Waals surface area contributed by atoms with E-state index in [0.717, 1.165) is 5.56 Å². The number of nitrogens with zero attached hydrogens (tertiary/aromatic N) is 3. The molecule has 0 aliphatic carbocycles. The summed E-state index contributed by atoms with van der Waals surface area (Å²) in [5.41, 5.74) is 2.62. The van der Waals surface area contributed by atoms with E-state index in [-0.39, 0.29) is 11.7 Å². The third-order valence-corrected chi connectivity index (χ3v) is 5.03. The number of ketones is 1. The zero-order valence-corrected chi connectivity index (χ0v) is 17.8. The Kier molecular flexibility index (Phi) is 7.07. The smallest absolute Gasteiger partial charge is 0.226 e. The van der Waals surface area contributed by atoms with Crippen LogP contribution in [0.2, 0.25) is 0 Å². The van der Waals surface area contributed by atoms with E-state index < -0.39 is 5.82 Å². The molecule has 0 spiro atoms. The van der Waals surface area contributed by atoms with Crippen molar-refractivity contribution in [2.75, 3.05) is 19.1 Å². The highest BCUT2D eigenvalue weighted by Gasteiger charge is 2.14. The number of pyridine rings is 2. The molecule has 0 aliphatic rings. The molecule has 0 saturated heterocycles. The molecule has 6 nitrogen and oxygen atoms in total. The Labute approximate surface area is 180 Å². The number of aryl methyl sites for hydroxylation is 1. The van der Waals surface area contributed by atoms with Crippen LogP contribution in [0.3, 0.4) is 0 Å². The van der Waals surface area contributed by atoms with Crippen molar-refractivity contribution < 1.29 is 18.7 Å². The van der Waals surface area contributed by atoms with E-state index in [1.807, 2.05) is 6.07 Å². The number of hydrogen-bond acceptors (Lipinski definition) is 5. The van der Waals surface area contributed by atoms with E-state index in [4.69, 9.17) is 4.74 Å². The Morgan fingerprint density at radius 3 is 2.45 bits per heavy atom. The minimum absolute atomic E-state index is 0.0506. The number of carbonyl (C=O) groups excluding carboxylic acids is 2. The van der Waals surface area contributed by atoms with Gasteiger partial charge in [0.15, 0.2) is 5.78 Å². The maximum Gasteiger partial charge on any atom is 0.226 e. The first-order valence-corrected chi connectivity index (χ1v) is 9.97. The van der Waals surface area contributed by atoms with Crippen LogP contribution in [0, 0.1) is 5.82 Å². The van der Waals surface area contributed by atoms with Gasteiger partial charge in [-0.15, -0.1) is 0 Å². The van der Waals surface area contributed by atoms with E-state index in [0.29, 0.717) is 47.7 Å². The summed E-state index contributed by atoms with van der Waals surface area (Å²) >= 11 is 0. The second kappa shape index (κ2) is 9.93. The predicted molar refractivity (Wildman–Crippen MR) is 117 cm³/mol. The second-order valence-electron chi connectivity index (χ2n) is 7.03. The topological polar surface area (TPSA) is 72.4 Å². The van der Waals surface area contributed by atoms with Crippen molar-refractivity contribution in [1.29, 1.82) is 0 Å². The van der Waals surface area contributed by atoms with Crippen LogP contribution in [-0.2, 0) is 11.2 Å². The molecule has 0 radical (unpaired) electrons. The summed E-state index contributed by atoms with van der Waals surface area (Å²) in [5.74, 6) is -0.102. The van der Waals surface area contributed by atoms with Gasteiger partial charge in [-0.1, -0.05) is 13.0 Å². The van der Waals surface area contributed by atoms with Gasteiger partial charge in [0.1, 0.15) is 5.82 Å². The van der Waals surface area contributed by atoms with Gasteiger partial charge in [0.05, 0.1) is 12.8 Å². The molecule has 0 saturated carbocycles. The Morgan fingerprint density at radius 2 is 1.87 bits per heavy atom. The van der Waals surface area contributed by atoms with Crippen LogP contribution >= 0.6 is 0 Å². The first-order chi connectivity index (χ1) is 14.9. The highest BCUT2D eigenvalue weighted by molar-refractivity contribution is 5.96. The number of ether oxygens (including phenoxy) is 1. The molecule has 31 heavy (non-hydrogen) atoms. The van der Waals surface area contributed by atoms with Crippen molar-refractivity contribution in [3.05, 3.63) is 71.8 Å². The summed E-state index contributed by atoms with van der Waals surface area (Å²) in [7, 11) is 3.16. The molecule has 0 fully saturated rings. The predicted octanol–water partition coefficient (Wildman–Crippen LogP) is 4.48. The van der Waals surface area contributed by atoms with Gasteiger partial charge in [-0.2, -0.15) is 0 Å². The zero-order chi connectivity index (χ0) is 22.4. The molecule has 2 aromatic heterocycles. The van der Waals surface area contributed by atoms with Gasteiger partial charge in [0.2, 0.25) is 11.8 Å². The number of carbonyl (C=O) groups is 2. The van der Waals surface area contributed by atoms with Gasteiger partial charge >= 0.3 is 0 Å². The van der Waals surface area contributed by atoms with Crippen molar-refractivity contribution in [1.82, 2.24) is 9.97 Å². The number of aromatic nitrogens is 2. The molecule has 160 valence electrons. The van der Waals surface area contributed by atoms with Crippen molar-refractivity contribution in [2.45, 2.75) is 26.2 Å². The Bertz CT molecular complexity index is 1070. The number of amides is 1. The summed E-state index contributed by atoms with van der Waals surface area (Å²) in [5, 5.41) is 0. The molecular formula is C24H24FN3O3. The van der Waals surface area contributed by atoms with Crippen molar-refractivity contribution in [3.63, 3.8) is 0 Å². The maximum absolute atomic E-state index is 14.6. The second-order valence-corrected chi connectivity index (χ2v) is 7.03. The first kappa shape index (κ1) is 22.1. The lowest BCUT2D eigenvalue weighted by Crippen LogP contribution is -2.25. The van der Waals surface area contributed by atoms with Crippen LogP contribution in [0.4, 0.5) is 10.1 Å². The third-order valence-electron chi connectivity index (χ3n) is 5.03. The molecule has 1 aromatic carbocycles. The Morgan fingerprint density at radius 1 is 1.06 bits per heavy atom. The number of hydrogen-bond donors (Lipinski definition) is 0. The zero-order valence-electron chi connectivity index (χ0n) is 17.8. The van der Waals surface area contributed by atoms with Crippen LogP contribution in [0.25, 0.3) is 11.3 Å². The number of rotatable bonds is 8. The van der Waals surface area contributed by atoms with Gasteiger partial charge in [-0.05, 0) is 42.3 Å². The third kappa shape index (κ3) is 5.31. The van der Waals surface area contributed by atoms with E-state index in [2.05, 4.69) is 9.97 Å². The number of Topliss-reactive ketones (excluding diaryl/α,β-unsaturated/α-hetero) is 1. The summed E-state index contributed by atoms with van der Waals surface area (Å²) in [6.45, 7) is 1.75. The molecule has 3 aromatic rings. The first-order valence-electron chi connectivity index (χ1n) is 9.97. The quantitative estimate of drug-likeness (QED) is 0.502. The average Bonchev–Trinajstić information content (AvgIpc) is 2.81. The van der Waals surface area contributed by atoms with Crippen LogP contribution in [0.1, 0.15) is 35.7 Å². The maximum atomic E-state index is 14.6. The summed E-state index contributed by atoms with van der Waals surface area (Å²) in [4.78, 5) is 34.1. The van der Waals surface area contributed by atoms with Crippen LogP contribution in [0.5, 0.6) is 5.88 Å². The lowest BCUT2D eigenvalue weighted by Gasteiger charge is -2.17. The van der Waals surface area contributed by atoms with Crippen molar-refractivity contribution in [3.8, 4) is 17.1 Å². The summed E-state index contributed by atoms with van der Waals surface area (Å²) in [6, 6.07) is 11.5. The number of methoxy groups -OCH3 is 1. The molecule has 3 rings (SSSR count). The minimum Gasteiger partial charge on any atom is -0.481 e. The van der Waals surface area contributed by atoms with Crippen LogP contribution in [-0.4, -0.2) is 35.8 Å². The molecule has 0 bridgehead atoms. The van der Waals surface area contributed by atoms with E-state index >= 15 is 0 Å². The number of halogens is 1. The molecule has 7 heteroatoms. The highest BCUT2D eigenvalue weighted by atomic mass is 19.1. The number of benzene rings is 1. The normalized spacial score (nSPS) is 10.6. The molecule has 0 atom stereocenters. The van der Waals surface area contributed by atoms with E-state index in [1.165, 1.54) is 17.2 Å². The van der Waals surface area contributed by atoms with Crippen LogP contribution in [0.15, 0.2) is 54.9 Å². The lowest BCUT2D eigenvalue weighted by atomic mass is 10.0. The molecular weight excluding hydrogens is 397 g/mol. The fraction of sp³-hybridized carbons (Fsp3) is 0.250. The highest BCUT2D eigenvalue weighted by Crippen LogP contribution is 2.26. The molecule has 2 heterocycles. The van der Waals surface area contributed by atoms with Crippen molar-refractivity contribution in [2.24, 2.45) is 0 Å². The molecule has 0 N–H and O–H groups in total. The lowest BCUT2D eigenvalue weighted by molar-refractivity contribution is -0.118. The van der Waals surface area contributed by atoms with Crippen LogP contribution < -0.4 is 9.64 Å². The van der Waals surface area contributed by atoms with E-state index in [9.17, 15) is 14.0 Å². The SMILES string of the molecule is CCC(=O)N(C)c1ccc(-c2ccc(C(=O)CCc3ccc(OC)nc3)cn2)c(F)c1. The largest absolute Gasteiger partial charge is 0.481 e. The monoisotopic (exact) mass is 421 g/mol. The number of anilines is 1. The van der Waals surface area contributed by atoms with Gasteiger partial charge in [-0.25, -0.2) is 9.37 Å². The minimum atomic E-state index is -0.480. The average molecular weight is 421 g/mol. The fourth-order valence-corrected chi connectivity index (χ4v) is 3.10.